The number of methoxy groups -OCH3 is 2. The Morgan fingerprint density at radius 3 is 1.90 bits per heavy atom. The van der Waals surface area contributed by atoms with Crippen LogP contribution in [0, 0.1) is 29.1 Å². The predicted molar refractivity (Wildman–Crippen MR) is 182 cm³/mol. The number of aliphatic hydroxyl groups is 3. The lowest BCUT2D eigenvalue weighted by Gasteiger charge is -2.30. The number of rotatable bonds is 22. The Bertz CT molecular complexity index is 1160. The lowest BCUT2D eigenvalue weighted by Crippen LogP contribution is -2.46. The van der Waals surface area contributed by atoms with Crippen LogP contribution in [-0.2, 0) is 30.3 Å². The Labute approximate surface area is 289 Å². The molecule has 0 bridgehead atoms. The summed E-state index contributed by atoms with van der Waals surface area (Å²) >= 11 is 0. The molecule has 0 aromatic heterocycles. The van der Waals surface area contributed by atoms with E-state index in [1.165, 1.54) is 0 Å². The van der Waals surface area contributed by atoms with Gasteiger partial charge in [0.2, 0.25) is 11.8 Å². The topological polar surface area (TPSA) is 261 Å². The second-order valence-electron chi connectivity index (χ2n) is 13.5. The van der Waals surface area contributed by atoms with Crippen molar-refractivity contribution in [1.82, 2.24) is 5.32 Å². The largest absolute Gasteiger partial charge is 0.493 e. The molecule has 0 aliphatic carbocycles. The minimum Gasteiger partial charge on any atom is -0.493 e. The molecule has 1 aromatic rings. The van der Waals surface area contributed by atoms with Gasteiger partial charge >= 0.3 is 11.9 Å². The number of ether oxygens (including phenoxy) is 3. The number of nitrogens with one attached hydrogen (secondary N) is 1. The molecule has 15 nitrogen and oxygen atoms in total. The molecule has 0 unspecified atom stereocenters. The van der Waals surface area contributed by atoms with Crippen LogP contribution >= 0.6 is 0 Å². The minimum absolute atomic E-state index is 0.00829. The number of aliphatic carboxylic acids is 2. The standard InChI is InChI=1S/C30H53N3O6.C4H6O6/c1-19(2)22(14-21-10-11-26(38-8)27(15-21)39-13-9-12-37-7)16-24(31)25(34)17-23(20(3)4)28(35)33-18-30(5,6)29(32)36;5-1(3(7)8)2(6)4(9)10/h10-11,15,19-20,22-25,34H,9,12-14,16-18,31H2,1-8H3,(H2,32,36)(H,33,35);1-2,5-6H,(H,7,8)(H,9,10)/t22-,23-,24-,25-;1-,2-/m01/s1. The van der Waals surface area contributed by atoms with Crippen molar-refractivity contribution in [3.8, 4) is 11.5 Å². The summed E-state index contributed by atoms with van der Waals surface area (Å²) in [5.74, 6) is -2.74. The first-order valence-electron chi connectivity index (χ1n) is 16.3. The molecular weight excluding hydrogens is 642 g/mol. The molecule has 0 saturated carbocycles. The van der Waals surface area contributed by atoms with Crippen molar-refractivity contribution in [2.75, 3.05) is 34.0 Å². The highest BCUT2D eigenvalue weighted by Gasteiger charge is 2.32. The van der Waals surface area contributed by atoms with E-state index in [9.17, 15) is 24.3 Å². The van der Waals surface area contributed by atoms with Crippen molar-refractivity contribution in [3.63, 3.8) is 0 Å². The van der Waals surface area contributed by atoms with Crippen LogP contribution in [0.15, 0.2) is 18.2 Å². The summed E-state index contributed by atoms with van der Waals surface area (Å²) in [6.07, 6.45) is -2.97. The lowest BCUT2D eigenvalue weighted by molar-refractivity contribution is -0.165. The number of aliphatic hydroxyl groups excluding tert-OH is 3. The molecule has 2 amide bonds. The fourth-order valence-electron chi connectivity index (χ4n) is 4.66. The van der Waals surface area contributed by atoms with Gasteiger partial charge in [0, 0.05) is 38.6 Å². The van der Waals surface area contributed by atoms with Gasteiger partial charge in [-0.2, -0.15) is 0 Å². The summed E-state index contributed by atoms with van der Waals surface area (Å²) in [7, 11) is 3.29. The fraction of sp³-hybridized carbons (Fsp3) is 0.706. The number of benzene rings is 1. The Balaban J connectivity index is 0.00000198. The molecule has 1 aromatic carbocycles. The molecule has 49 heavy (non-hydrogen) atoms. The molecule has 6 atom stereocenters. The van der Waals surface area contributed by atoms with E-state index >= 15 is 0 Å². The van der Waals surface area contributed by atoms with E-state index in [1.54, 1.807) is 28.1 Å². The van der Waals surface area contributed by atoms with E-state index in [0.717, 1.165) is 18.4 Å². The van der Waals surface area contributed by atoms with Gasteiger partial charge in [0.15, 0.2) is 23.7 Å². The van der Waals surface area contributed by atoms with Crippen molar-refractivity contribution >= 4 is 23.8 Å². The monoisotopic (exact) mass is 701 g/mol. The molecule has 15 heteroatoms. The van der Waals surface area contributed by atoms with Gasteiger partial charge in [-0.3, -0.25) is 9.59 Å². The SMILES string of the molecule is COCCCOc1cc(C[C@@H](C[C@H](N)[C@@H](O)C[C@H](C(=O)NCC(C)(C)C(N)=O)C(C)C)C(C)C)ccc1OC.O=C(O)[C@H](O)[C@@H](O)C(=O)O. The Kier molecular flexibility index (Phi) is 20.7. The van der Waals surface area contributed by atoms with Crippen LogP contribution in [0.5, 0.6) is 11.5 Å². The van der Waals surface area contributed by atoms with E-state index in [2.05, 4.69) is 19.2 Å². The quantitative estimate of drug-likeness (QED) is 0.0791. The fourth-order valence-corrected chi connectivity index (χ4v) is 4.66. The van der Waals surface area contributed by atoms with E-state index < -0.39 is 53.5 Å². The summed E-state index contributed by atoms with van der Waals surface area (Å²) in [4.78, 5) is 44.1. The number of carboxylic acids is 2. The maximum absolute atomic E-state index is 12.9. The number of carbonyl (C=O) groups excluding carboxylic acids is 2. The number of nitrogens with two attached hydrogens (primary N) is 2. The van der Waals surface area contributed by atoms with Gasteiger partial charge in [0.1, 0.15) is 0 Å². The first-order chi connectivity index (χ1) is 22.7. The molecule has 0 fully saturated rings. The van der Waals surface area contributed by atoms with Crippen LogP contribution in [0.1, 0.15) is 66.4 Å². The van der Waals surface area contributed by atoms with Gasteiger partial charge < -0.3 is 56.5 Å². The number of amides is 2. The van der Waals surface area contributed by atoms with Crippen LogP contribution in [0.3, 0.4) is 0 Å². The van der Waals surface area contributed by atoms with Gasteiger partial charge in [-0.25, -0.2) is 9.59 Å². The Morgan fingerprint density at radius 2 is 1.45 bits per heavy atom. The van der Waals surface area contributed by atoms with Gasteiger partial charge in [0.05, 0.1) is 25.2 Å². The van der Waals surface area contributed by atoms with Gasteiger partial charge in [0.25, 0.3) is 0 Å². The van der Waals surface area contributed by atoms with Crippen molar-refractivity contribution in [2.24, 2.45) is 40.6 Å². The number of carboxylic acid groups (broad SMARTS) is 2. The van der Waals surface area contributed by atoms with Crippen LogP contribution in [0.2, 0.25) is 0 Å². The molecule has 0 saturated heterocycles. The van der Waals surface area contributed by atoms with Gasteiger partial charge in [-0.05, 0) is 68.6 Å². The summed E-state index contributed by atoms with van der Waals surface area (Å²) in [5, 5.41) is 46.4. The third-order valence-corrected chi connectivity index (χ3v) is 8.30. The molecule has 0 spiro atoms. The molecule has 10 N–H and O–H groups in total. The van der Waals surface area contributed by atoms with E-state index in [0.29, 0.717) is 37.1 Å². The minimum atomic E-state index is -2.27. The second kappa shape index (κ2) is 22.3. The number of carbonyl (C=O) groups is 4. The summed E-state index contributed by atoms with van der Waals surface area (Å²) in [6, 6.07) is 5.47. The molecule has 0 aliphatic rings. The summed E-state index contributed by atoms with van der Waals surface area (Å²) in [6.45, 7) is 12.9. The number of primary amides is 1. The van der Waals surface area contributed by atoms with Crippen LogP contribution < -0.4 is 26.3 Å². The molecule has 0 heterocycles. The second-order valence-corrected chi connectivity index (χ2v) is 13.5. The van der Waals surface area contributed by atoms with Crippen LogP contribution in [0.25, 0.3) is 0 Å². The van der Waals surface area contributed by atoms with Crippen molar-refractivity contribution in [2.45, 2.75) is 91.6 Å². The van der Waals surface area contributed by atoms with Crippen molar-refractivity contribution in [3.05, 3.63) is 23.8 Å². The third-order valence-electron chi connectivity index (χ3n) is 8.30. The average molecular weight is 702 g/mol. The van der Waals surface area contributed by atoms with E-state index in [4.69, 9.17) is 46.1 Å². The molecule has 282 valence electrons. The van der Waals surface area contributed by atoms with Gasteiger partial charge in [-0.1, -0.05) is 33.8 Å². The molecule has 0 radical (unpaired) electrons. The van der Waals surface area contributed by atoms with E-state index in [-0.39, 0.29) is 30.7 Å². The molecule has 1 rings (SSSR count). The summed E-state index contributed by atoms with van der Waals surface area (Å²) in [5.41, 5.74) is 12.2. The Hall–Kier alpha value is -3.50. The van der Waals surface area contributed by atoms with Crippen LogP contribution in [0.4, 0.5) is 0 Å². The smallest absolute Gasteiger partial charge is 0.335 e. The van der Waals surface area contributed by atoms with Gasteiger partial charge in [-0.15, -0.1) is 0 Å². The van der Waals surface area contributed by atoms with Crippen LogP contribution in [-0.4, -0.2) is 108 Å². The average Bonchev–Trinajstić information content (AvgIpc) is 3.03. The first-order valence-corrected chi connectivity index (χ1v) is 16.3. The van der Waals surface area contributed by atoms with Crippen molar-refractivity contribution < 1.29 is 58.9 Å². The highest BCUT2D eigenvalue weighted by Crippen LogP contribution is 2.32. The van der Waals surface area contributed by atoms with E-state index in [1.807, 2.05) is 32.0 Å². The predicted octanol–water partition coefficient (Wildman–Crippen LogP) is 1.17. The number of hydrogen-bond acceptors (Lipinski definition) is 11. The lowest BCUT2D eigenvalue weighted by atomic mass is 9.80. The molecule has 0 aliphatic heterocycles. The zero-order valence-corrected chi connectivity index (χ0v) is 30.0. The first kappa shape index (κ1) is 45.5. The number of hydrogen-bond donors (Lipinski definition) is 8. The maximum Gasteiger partial charge on any atom is 0.335 e. The molecular formula is C34H59N3O12. The third kappa shape index (κ3) is 16.6. The zero-order valence-electron chi connectivity index (χ0n) is 30.0. The maximum atomic E-state index is 12.9. The zero-order chi connectivity index (χ0) is 38.1. The summed E-state index contributed by atoms with van der Waals surface area (Å²) < 4.78 is 16.5. The highest BCUT2D eigenvalue weighted by molar-refractivity contribution is 5.83. The highest BCUT2D eigenvalue weighted by atomic mass is 16.5. The normalized spacial score (nSPS) is 15.2. The van der Waals surface area contributed by atoms with Crippen molar-refractivity contribution in [1.29, 1.82) is 0 Å². The Morgan fingerprint density at radius 1 is 0.878 bits per heavy atom.